The van der Waals surface area contributed by atoms with E-state index in [1.54, 1.807) is 0 Å². The standard InChI is InChI=1S/C15H15NO7S/c1-8-12(15(19)22-3)13(9(2)23-8)24(20,21)16-11-6-4-5-10(7-11)14(17)18/h4-7,16H,1-3H3,(H,17,18). The number of aromatic carboxylic acids is 1. The number of ether oxygens (including phenoxy) is 1. The van der Waals surface area contributed by atoms with E-state index in [1.807, 2.05) is 0 Å². The largest absolute Gasteiger partial charge is 0.478 e. The Hall–Kier alpha value is -2.81. The van der Waals surface area contributed by atoms with Gasteiger partial charge in [0.1, 0.15) is 22.0 Å². The Morgan fingerprint density at radius 1 is 1.21 bits per heavy atom. The molecule has 2 rings (SSSR count). The number of furan rings is 1. The number of nitrogens with one attached hydrogen (secondary N) is 1. The zero-order chi connectivity index (χ0) is 18.1. The summed E-state index contributed by atoms with van der Waals surface area (Å²) in [5.41, 5.74) is -0.232. The van der Waals surface area contributed by atoms with Gasteiger partial charge in [-0.3, -0.25) is 4.72 Å². The lowest BCUT2D eigenvalue weighted by Gasteiger charge is -2.09. The van der Waals surface area contributed by atoms with E-state index in [-0.39, 0.29) is 33.2 Å². The molecule has 1 aromatic carbocycles. The highest BCUT2D eigenvalue weighted by Gasteiger charge is 2.31. The monoisotopic (exact) mass is 353 g/mol. The summed E-state index contributed by atoms with van der Waals surface area (Å²) >= 11 is 0. The second-order valence-electron chi connectivity index (χ2n) is 4.90. The number of rotatable bonds is 5. The molecule has 1 aromatic heterocycles. The molecule has 0 aliphatic rings. The molecule has 2 aromatic rings. The summed E-state index contributed by atoms with van der Waals surface area (Å²) in [6.45, 7) is 2.85. The molecule has 0 spiro atoms. The number of methoxy groups -OCH3 is 1. The molecule has 128 valence electrons. The SMILES string of the molecule is COC(=O)c1c(C)oc(C)c1S(=O)(=O)Nc1cccc(C(=O)O)c1. The number of esters is 1. The van der Waals surface area contributed by atoms with E-state index in [0.717, 1.165) is 7.11 Å². The summed E-state index contributed by atoms with van der Waals surface area (Å²) in [6, 6.07) is 5.29. The van der Waals surface area contributed by atoms with Gasteiger partial charge in [0.05, 0.1) is 12.7 Å². The van der Waals surface area contributed by atoms with Crippen molar-refractivity contribution in [1.29, 1.82) is 0 Å². The number of carbonyl (C=O) groups is 2. The molecule has 0 amide bonds. The lowest BCUT2D eigenvalue weighted by atomic mass is 10.2. The predicted octanol–water partition coefficient (Wildman–Crippen LogP) is 2.18. The van der Waals surface area contributed by atoms with Gasteiger partial charge in [0.2, 0.25) is 0 Å². The predicted molar refractivity (Wildman–Crippen MR) is 83.7 cm³/mol. The molecule has 0 aliphatic carbocycles. The fourth-order valence-electron chi connectivity index (χ4n) is 2.25. The summed E-state index contributed by atoms with van der Waals surface area (Å²) < 4.78 is 37.3. The molecule has 2 N–H and O–H groups in total. The minimum absolute atomic E-state index is 0.0230. The maximum Gasteiger partial charge on any atom is 0.342 e. The van der Waals surface area contributed by atoms with Crippen LogP contribution in [0.3, 0.4) is 0 Å². The number of hydrogen-bond donors (Lipinski definition) is 2. The average Bonchev–Trinajstić information content (AvgIpc) is 2.81. The van der Waals surface area contributed by atoms with Crippen LogP contribution in [0.25, 0.3) is 0 Å². The highest BCUT2D eigenvalue weighted by molar-refractivity contribution is 7.92. The number of anilines is 1. The molecule has 0 aliphatic heterocycles. The Labute approximate surface area is 138 Å². The van der Waals surface area contributed by atoms with Crippen LogP contribution in [0.15, 0.2) is 33.6 Å². The summed E-state index contributed by atoms with van der Waals surface area (Å²) in [7, 11) is -3.06. The first-order chi connectivity index (χ1) is 11.2. The third-order valence-electron chi connectivity index (χ3n) is 3.23. The Morgan fingerprint density at radius 3 is 2.46 bits per heavy atom. The molecule has 0 saturated heterocycles. The third-order valence-corrected chi connectivity index (χ3v) is 4.76. The number of benzene rings is 1. The van der Waals surface area contributed by atoms with Crippen molar-refractivity contribution in [2.24, 2.45) is 0 Å². The summed E-state index contributed by atoms with van der Waals surface area (Å²) in [4.78, 5) is 22.5. The molecule has 0 atom stereocenters. The van der Waals surface area contributed by atoms with Gasteiger partial charge >= 0.3 is 11.9 Å². The van der Waals surface area contributed by atoms with Gasteiger partial charge in [-0.1, -0.05) is 6.07 Å². The van der Waals surface area contributed by atoms with Gasteiger partial charge in [-0.2, -0.15) is 0 Å². The van der Waals surface area contributed by atoms with Crippen LogP contribution >= 0.6 is 0 Å². The van der Waals surface area contributed by atoms with Crippen LogP contribution in [0, 0.1) is 13.8 Å². The molecule has 0 bridgehead atoms. The molecule has 0 radical (unpaired) electrons. The smallest absolute Gasteiger partial charge is 0.342 e. The van der Waals surface area contributed by atoms with Crippen LogP contribution < -0.4 is 4.72 Å². The number of hydrogen-bond acceptors (Lipinski definition) is 6. The lowest BCUT2D eigenvalue weighted by molar-refractivity contribution is 0.0594. The Morgan fingerprint density at radius 2 is 1.88 bits per heavy atom. The second kappa shape index (κ2) is 6.36. The number of aryl methyl sites for hydroxylation is 2. The molecule has 0 fully saturated rings. The van der Waals surface area contributed by atoms with Gasteiger partial charge in [-0.05, 0) is 32.0 Å². The third kappa shape index (κ3) is 3.25. The van der Waals surface area contributed by atoms with Crippen LogP contribution in [-0.4, -0.2) is 32.6 Å². The molecule has 9 heteroatoms. The Bertz CT molecular complexity index is 912. The van der Waals surface area contributed by atoms with Gasteiger partial charge in [0.25, 0.3) is 10.0 Å². The van der Waals surface area contributed by atoms with Crippen LogP contribution in [0.4, 0.5) is 5.69 Å². The van der Waals surface area contributed by atoms with E-state index in [2.05, 4.69) is 9.46 Å². The quantitative estimate of drug-likeness (QED) is 0.790. The molecule has 8 nitrogen and oxygen atoms in total. The zero-order valence-electron chi connectivity index (χ0n) is 13.1. The number of carbonyl (C=O) groups excluding carboxylic acids is 1. The van der Waals surface area contributed by atoms with Gasteiger partial charge in [0, 0.05) is 5.69 Å². The van der Waals surface area contributed by atoms with Gasteiger partial charge < -0.3 is 14.3 Å². The lowest BCUT2D eigenvalue weighted by Crippen LogP contribution is -2.17. The minimum Gasteiger partial charge on any atom is -0.478 e. The average molecular weight is 353 g/mol. The number of sulfonamides is 1. The topological polar surface area (TPSA) is 123 Å². The highest BCUT2D eigenvalue weighted by Crippen LogP contribution is 2.29. The fraction of sp³-hybridized carbons (Fsp3) is 0.200. The van der Waals surface area contributed by atoms with E-state index in [4.69, 9.17) is 9.52 Å². The van der Waals surface area contributed by atoms with E-state index in [0.29, 0.717) is 0 Å². The second-order valence-corrected chi connectivity index (χ2v) is 6.52. The molecular formula is C15H15NO7S. The molecule has 1 heterocycles. The van der Waals surface area contributed by atoms with Gasteiger partial charge in [0.15, 0.2) is 0 Å². The molecule has 0 saturated carbocycles. The summed E-state index contributed by atoms with van der Waals surface area (Å²) in [6.07, 6.45) is 0. The van der Waals surface area contributed by atoms with Crippen LogP contribution in [0.1, 0.15) is 32.2 Å². The Balaban J connectivity index is 2.51. The zero-order valence-corrected chi connectivity index (χ0v) is 13.9. The van der Waals surface area contributed by atoms with Crippen molar-refractivity contribution < 1.29 is 32.3 Å². The number of carboxylic acids is 1. The van der Waals surface area contributed by atoms with Crippen molar-refractivity contribution in [2.45, 2.75) is 18.7 Å². The maximum absolute atomic E-state index is 12.6. The minimum atomic E-state index is -4.19. The fourth-order valence-corrected chi connectivity index (χ4v) is 3.70. The van der Waals surface area contributed by atoms with Crippen molar-refractivity contribution in [1.82, 2.24) is 0 Å². The summed E-state index contributed by atoms with van der Waals surface area (Å²) in [5, 5.41) is 8.97. The van der Waals surface area contributed by atoms with Crippen molar-refractivity contribution in [2.75, 3.05) is 11.8 Å². The summed E-state index contributed by atoms with van der Waals surface area (Å²) in [5.74, 6) is -1.90. The van der Waals surface area contributed by atoms with E-state index in [9.17, 15) is 18.0 Å². The normalized spacial score (nSPS) is 11.1. The first kappa shape index (κ1) is 17.5. The maximum atomic E-state index is 12.6. The molecule has 24 heavy (non-hydrogen) atoms. The van der Waals surface area contributed by atoms with Crippen molar-refractivity contribution in [3.8, 4) is 0 Å². The van der Waals surface area contributed by atoms with Crippen molar-refractivity contribution >= 4 is 27.6 Å². The van der Waals surface area contributed by atoms with Crippen LogP contribution in [0.5, 0.6) is 0 Å². The van der Waals surface area contributed by atoms with Crippen molar-refractivity contribution in [3.63, 3.8) is 0 Å². The highest BCUT2D eigenvalue weighted by atomic mass is 32.2. The van der Waals surface area contributed by atoms with E-state index >= 15 is 0 Å². The van der Waals surface area contributed by atoms with Crippen molar-refractivity contribution in [3.05, 3.63) is 46.9 Å². The van der Waals surface area contributed by atoms with Gasteiger partial charge in [-0.25, -0.2) is 18.0 Å². The Kier molecular flexibility index (Phi) is 4.65. The van der Waals surface area contributed by atoms with Gasteiger partial charge in [-0.15, -0.1) is 0 Å². The van der Waals surface area contributed by atoms with Crippen LogP contribution in [0.2, 0.25) is 0 Å². The first-order valence-corrected chi connectivity index (χ1v) is 8.20. The number of carboxylic acid groups (broad SMARTS) is 1. The molecule has 0 unspecified atom stereocenters. The molecular weight excluding hydrogens is 338 g/mol. The van der Waals surface area contributed by atoms with E-state index < -0.39 is 22.0 Å². The first-order valence-electron chi connectivity index (χ1n) is 6.72. The van der Waals surface area contributed by atoms with Crippen LogP contribution in [-0.2, 0) is 14.8 Å². The van der Waals surface area contributed by atoms with E-state index in [1.165, 1.54) is 38.1 Å².